The molecule has 0 unspecified atom stereocenters. The summed E-state index contributed by atoms with van der Waals surface area (Å²) in [6.45, 7) is 1.74. The van der Waals surface area contributed by atoms with Crippen LogP contribution in [-0.2, 0) is 4.79 Å². The zero-order valence-corrected chi connectivity index (χ0v) is 11.4. The molecule has 1 aliphatic carbocycles. The number of benzene rings is 1. The largest absolute Gasteiger partial charge is 0.480 e. The van der Waals surface area contributed by atoms with E-state index in [1.165, 1.54) is 6.07 Å². The number of hydrogen-bond donors (Lipinski definition) is 2. The van der Waals surface area contributed by atoms with Crippen LogP contribution in [0.2, 0.25) is 0 Å². The highest BCUT2D eigenvalue weighted by Gasteiger charge is 2.41. The van der Waals surface area contributed by atoms with Crippen molar-refractivity contribution in [2.45, 2.75) is 44.6 Å². The van der Waals surface area contributed by atoms with E-state index in [9.17, 15) is 20.0 Å². The first-order chi connectivity index (χ1) is 9.46. The van der Waals surface area contributed by atoms with Crippen LogP contribution in [0, 0.1) is 17.0 Å². The van der Waals surface area contributed by atoms with E-state index in [-0.39, 0.29) is 5.69 Å². The Morgan fingerprint density at radius 3 is 2.55 bits per heavy atom. The maximum atomic E-state index is 11.6. The Bertz CT molecular complexity index is 536. The highest BCUT2D eigenvalue weighted by Crippen LogP contribution is 2.36. The highest BCUT2D eigenvalue weighted by molar-refractivity contribution is 5.85. The van der Waals surface area contributed by atoms with Crippen molar-refractivity contribution in [3.8, 4) is 0 Å². The lowest BCUT2D eigenvalue weighted by molar-refractivity contribution is -0.384. The Kier molecular flexibility index (Phi) is 3.92. The Hall–Kier alpha value is -2.11. The molecule has 1 aliphatic rings. The molecule has 0 saturated heterocycles. The SMILES string of the molecule is Cc1cccc([N+](=O)[O-])c1NC1(C(=O)O)CCCCC1. The summed E-state index contributed by atoms with van der Waals surface area (Å²) in [4.78, 5) is 22.3. The number of carboxylic acids is 1. The van der Waals surface area contributed by atoms with Crippen molar-refractivity contribution >= 4 is 17.3 Å². The van der Waals surface area contributed by atoms with Gasteiger partial charge in [0.05, 0.1) is 4.92 Å². The first kappa shape index (κ1) is 14.3. The van der Waals surface area contributed by atoms with Gasteiger partial charge in [-0.05, 0) is 25.3 Å². The Morgan fingerprint density at radius 2 is 2.00 bits per heavy atom. The van der Waals surface area contributed by atoms with E-state index in [4.69, 9.17) is 0 Å². The lowest BCUT2D eigenvalue weighted by atomic mass is 9.81. The summed E-state index contributed by atoms with van der Waals surface area (Å²) >= 11 is 0. The first-order valence-electron chi connectivity index (χ1n) is 6.72. The number of nitrogens with one attached hydrogen (secondary N) is 1. The quantitative estimate of drug-likeness (QED) is 0.652. The van der Waals surface area contributed by atoms with Crippen molar-refractivity contribution in [2.75, 3.05) is 5.32 Å². The van der Waals surface area contributed by atoms with Gasteiger partial charge in [-0.2, -0.15) is 0 Å². The lowest BCUT2D eigenvalue weighted by Crippen LogP contribution is -2.48. The molecule has 1 aromatic rings. The fourth-order valence-corrected chi connectivity index (χ4v) is 2.75. The molecule has 20 heavy (non-hydrogen) atoms. The Balaban J connectivity index is 2.41. The van der Waals surface area contributed by atoms with Gasteiger partial charge in [0.1, 0.15) is 11.2 Å². The lowest BCUT2D eigenvalue weighted by Gasteiger charge is -2.35. The van der Waals surface area contributed by atoms with Gasteiger partial charge in [-0.25, -0.2) is 4.79 Å². The number of anilines is 1. The van der Waals surface area contributed by atoms with Gasteiger partial charge >= 0.3 is 5.97 Å². The van der Waals surface area contributed by atoms with Crippen LogP contribution in [0.5, 0.6) is 0 Å². The third kappa shape index (κ3) is 2.59. The summed E-state index contributed by atoms with van der Waals surface area (Å²) in [6.07, 6.45) is 3.63. The standard InChI is InChI=1S/C14H18N2O4/c1-10-6-5-7-11(16(19)20)12(10)15-14(13(17)18)8-3-2-4-9-14/h5-7,15H,2-4,8-9H2,1H3,(H,17,18). The molecule has 1 saturated carbocycles. The fraction of sp³-hybridized carbons (Fsp3) is 0.500. The van der Waals surface area contributed by atoms with E-state index in [1.807, 2.05) is 0 Å². The maximum Gasteiger partial charge on any atom is 0.329 e. The normalized spacial score (nSPS) is 17.4. The molecule has 0 spiro atoms. The topological polar surface area (TPSA) is 92.5 Å². The highest BCUT2D eigenvalue weighted by atomic mass is 16.6. The van der Waals surface area contributed by atoms with Gasteiger partial charge in [-0.1, -0.05) is 31.4 Å². The second kappa shape index (κ2) is 5.48. The van der Waals surface area contributed by atoms with Crippen LogP contribution in [0.3, 0.4) is 0 Å². The smallest absolute Gasteiger partial charge is 0.329 e. The Labute approximate surface area is 117 Å². The molecule has 0 atom stereocenters. The molecule has 0 heterocycles. The molecule has 1 fully saturated rings. The van der Waals surface area contributed by atoms with Crippen molar-refractivity contribution in [3.05, 3.63) is 33.9 Å². The van der Waals surface area contributed by atoms with Gasteiger partial charge < -0.3 is 10.4 Å². The summed E-state index contributed by atoms with van der Waals surface area (Å²) in [5.41, 5.74) is -0.154. The average Bonchev–Trinajstić information content (AvgIpc) is 2.41. The third-order valence-electron chi connectivity index (χ3n) is 3.93. The number of hydrogen-bond acceptors (Lipinski definition) is 4. The number of aliphatic carboxylic acids is 1. The fourth-order valence-electron chi connectivity index (χ4n) is 2.75. The second-order valence-corrected chi connectivity index (χ2v) is 5.30. The summed E-state index contributed by atoms with van der Waals surface area (Å²) in [7, 11) is 0. The summed E-state index contributed by atoms with van der Waals surface area (Å²) in [5, 5.41) is 23.6. The predicted molar refractivity (Wildman–Crippen MR) is 74.9 cm³/mol. The zero-order chi connectivity index (χ0) is 14.8. The Morgan fingerprint density at radius 1 is 1.35 bits per heavy atom. The number of para-hydroxylation sites is 1. The molecule has 2 rings (SSSR count). The molecule has 0 aromatic heterocycles. The molecule has 6 heteroatoms. The number of carboxylic acid groups (broad SMARTS) is 1. The molecular weight excluding hydrogens is 260 g/mol. The number of rotatable bonds is 4. The van der Waals surface area contributed by atoms with Gasteiger partial charge in [-0.15, -0.1) is 0 Å². The van der Waals surface area contributed by atoms with Gasteiger partial charge in [0.2, 0.25) is 0 Å². The minimum Gasteiger partial charge on any atom is -0.480 e. The van der Waals surface area contributed by atoms with Crippen LogP contribution in [0.1, 0.15) is 37.7 Å². The van der Waals surface area contributed by atoms with Crippen molar-refractivity contribution in [2.24, 2.45) is 0 Å². The van der Waals surface area contributed by atoms with Crippen LogP contribution < -0.4 is 5.32 Å². The van der Waals surface area contributed by atoms with Gasteiger partial charge in [-0.3, -0.25) is 10.1 Å². The van der Waals surface area contributed by atoms with E-state index in [0.717, 1.165) is 19.3 Å². The molecule has 2 N–H and O–H groups in total. The molecule has 0 bridgehead atoms. The van der Waals surface area contributed by atoms with Crippen LogP contribution in [0.15, 0.2) is 18.2 Å². The summed E-state index contributed by atoms with van der Waals surface area (Å²) in [5.74, 6) is -0.935. The predicted octanol–water partition coefficient (Wildman–Crippen LogP) is 3.10. The molecule has 108 valence electrons. The second-order valence-electron chi connectivity index (χ2n) is 5.30. The minimum absolute atomic E-state index is 0.0730. The van der Waals surface area contributed by atoms with E-state index in [1.54, 1.807) is 19.1 Å². The summed E-state index contributed by atoms with van der Waals surface area (Å²) in [6, 6.07) is 4.74. The zero-order valence-electron chi connectivity index (χ0n) is 11.4. The van der Waals surface area contributed by atoms with E-state index in [2.05, 4.69) is 5.32 Å². The molecule has 0 radical (unpaired) electrons. The number of carbonyl (C=O) groups is 1. The molecule has 0 aliphatic heterocycles. The minimum atomic E-state index is -1.09. The van der Waals surface area contributed by atoms with Gasteiger partial charge in [0.25, 0.3) is 5.69 Å². The van der Waals surface area contributed by atoms with Crippen LogP contribution in [-0.4, -0.2) is 21.5 Å². The maximum absolute atomic E-state index is 11.6. The number of nitro groups is 1. The van der Waals surface area contributed by atoms with E-state index in [0.29, 0.717) is 24.1 Å². The number of aryl methyl sites for hydroxylation is 1. The van der Waals surface area contributed by atoms with Crippen LogP contribution in [0.4, 0.5) is 11.4 Å². The van der Waals surface area contributed by atoms with Gasteiger partial charge in [0, 0.05) is 6.07 Å². The van der Waals surface area contributed by atoms with Crippen LogP contribution in [0.25, 0.3) is 0 Å². The monoisotopic (exact) mass is 278 g/mol. The van der Waals surface area contributed by atoms with Crippen molar-refractivity contribution < 1.29 is 14.8 Å². The van der Waals surface area contributed by atoms with E-state index < -0.39 is 16.4 Å². The van der Waals surface area contributed by atoms with Crippen molar-refractivity contribution in [1.82, 2.24) is 0 Å². The molecular formula is C14H18N2O4. The average molecular weight is 278 g/mol. The van der Waals surface area contributed by atoms with Crippen molar-refractivity contribution in [3.63, 3.8) is 0 Å². The number of nitrogens with zero attached hydrogens (tertiary/aromatic N) is 1. The summed E-state index contributed by atoms with van der Waals surface area (Å²) < 4.78 is 0. The van der Waals surface area contributed by atoms with Crippen molar-refractivity contribution in [1.29, 1.82) is 0 Å². The third-order valence-corrected chi connectivity index (χ3v) is 3.93. The molecule has 0 amide bonds. The van der Waals surface area contributed by atoms with Crippen LogP contribution >= 0.6 is 0 Å². The molecule has 1 aromatic carbocycles. The first-order valence-corrected chi connectivity index (χ1v) is 6.72. The molecule has 6 nitrogen and oxygen atoms in total. The number of nitro benzene ring substituents is 1. The van der Waals surface area contributed by atoms with Gasteiger partial charge in [0.15, 0.2) is 0 Å². The van der Waals surface area contributed by atoms with E-state index >= 15 is 0 Å².